The lowest BCUT2D eigenvalue weighted by atomic mass is 9.88. The predicted molar refractivity (Wildman–Crippen MR) is 76.8 cm³/mol. The van der Waals surface area contributed by atoms with Crippen LogP contribution in [0.15, 0.2) is 18.2 Å². The highest BCUT2D eigenvalue weighted by Crippen LogP contribution is 2.33. The molecule has 1 aromatic rings. The summed E-state index contributed by atoms with van der Waals surface area (Å²) in [4.78, 5) is 14.3. The van der Waals surface area contributed by atoms with Gasteiger partial charge in [0, 0.05) is 36.6 Å². The molecule has 2 atom stereocenters. The number of nitrogens with zero attached hydrogens (tertiary/aromatic N) is 1. The summed E-state index contributed by atoms with van der Waals surface area (Å²) in [5.74, 6) is -0.547. The maximum Gasteiger partial charge on any atom is 0.137 e. The zero-order chi connectivity index (χ0) is 14.8. The van der Waals surface area contributed by atoms with Crippen molar-refractivity contribution in [1.82, 2.24) is 4.90 Å². The monoisotopic (exact) mass is 293 g/mol. The molecule has 2 fully saturated rings. The molecule has 0 radical (unpaired) electrons. The van der Waals surface area contributed by atoms with Gasteiger partial charge in [-0.25, -0.2) is 8.78 Å². The Hall–Kier alpha value is -1.29. The van der Waals surface area contributed by atoms with E-state index in [9.17, 15) is 13.6 Å². The molecule has 1 aliphatic carbocycles. The van der Waals surface area contributed by atoms with Crippen LogP contribution in [0.25, 0.3) is 0 Å². The standard InChI is InChI=1S/C17H21F2NO/c18-13-8-7-12(15(19)10-13)11-20-9-2-1-5-16(20)14-4-3-6-17(14)21/h7-8,10,14,16H,1-6,9,11H2. The van der Waals surface area contributed by atoms with Gasteiger partial charge in [0.15, 0.2) is 0 Å². The van der Waals surface area contributed by atoms with Crippen LogP contribution in [0.1, 0.15) is 44.1 Å². The molecule has 2 unspecified atom stereocenters. The Balaban J connectivity index is 1.76. The second-order valence-corrected chi connectivity index (χ2v) is 6.23. The first-order valence-electron chi connectivity index (χ1n) is 7.86. The highest BCUT2D eigenvalue weighted by atomic mass is 19.1. The number of likely N-dealkylation sites (tertiary alicyclic amines) is 1. The van der Waals surface area contributed by atoms with Crippen molar-refractivity contribution in [2.75, 3.05) is 6.54 Å². The Labute approximate surface area is 124 Å². The van der Waals surface area contributed by atoms with Gasteiger partial charge in [0.25, 0.3) is 0 Å². The predicted octanol–water partition coefficient (Wildman–Crippen LogP) is 3.69. The van der Waals surface area contributed by atoms with Crippen molar-refractivity contribution >= 4 is 5.78 Å². The molecule has 1 heterocycles. The number of hydrogen-bond donors (Lipinski definition) is 0. The Morgan fingerprint density at radius 2 is 2.00 bits per heavy atom. The van der Waals surface area contributed by atoms with Crippen LogP contribution in [0.3, 0.4) is 0 Å². The first-order chi connectivity index (χ1) is 10.1. The highest BCUT2D eigenvalue weighted by Gasteiger charge is 2.36. The Morgan fingerprint density at radius 3 is 2.71 bits per heavy atom. The summed E-state index contributed by atoms with van der Waals surface area (Å²) >= 11 is 0. The summed E-state index contributed by atoms with van der Waals surface area (Å²) in [5, 5.41) is 0. The quantitative estimate of drug-likeness (QED) is 0.847. The third-order valence-electron chi connectivity index (χ3n) is 4.87. The smallest absolute Gasteiger partial charge is 0.137 e. The van der Waals surface area contributed by atoms with Crippen LogP contribution in [-0.4, -0.2) is 23.3 Å². The topological polar surface area (TPSA) is 20.3 Å². The van der Waals surface area contributed by atoms with Crippen molar-refractivity contribution in [3.05, 3.63) is 35.4 Å². The van der Waals surface area contributed by atoms with Gasteiger partial charge in [-0.3, -0.25) is 9.69 Å². The van der Waals surface area contributed by atoms with E-state index in [1.165, 1.54) is 12.1 Å². The van der Waals surface area contributed by atoms with Gasteiger partial charge in [0.2, 0.25) is 0 Å². The maximum absolute atomic E-state index is 13.9. The fourth-order valence-electron chi connectivity index (χ4n) is 3.79. The molecule has 4 heteroatoms. The molecule has 0 spiro atoms. The number of halogens is 2. The molecule has 0 amide bonds. The van der Waals surface area contributed by atoms with E-state index in [4.69, 9.17) is 0 Å². The SMILES string of the molecule is O=C1CCCC1C1CCCCN1Cc1ccc(F)cc1F. The van der Waals surface area contributed by atoms with E-state index in [0.717, 1.165) is 44.7 Å². The van der Waals surface area contributed by atoms with E-state index >= 15 is 0 Å². The molecule has 114 valence electrons. The van der Waals surface area contributed by atoms with E-state index in [2.05, 4.69) is 4.90 Å². The fraction of sp³-hybridized carbons (Fsp3) is 0.588. The largest absolute Gasteiger partial charge is 0.299 e. The normalized spacial score (nSPS) is 27.2. The Bertz CT molecular complexity index is 532. The molecule has 21 heavy (non-hydrogen) atoms. The zero-order valence-corrected chi connectivity index (χ0v) is 12.2. The van der Waals surface area contributed by atoms with Gasteiger partial charge >= 0.3 is 0 Å². The average molecular weight is 293 g/mol. The minimum atomic E-state index is -0.544. The highest BCUT2D eigenvalue weighted by molar-refractivity contribution is 5.83. The maximum atomic E-state index is 13.9. The van der Waals surface area contributed by atoms with Gasteiger partial charge in [-0.1, -0.05) is 12.5 Å². The second-order valence-electron chi connectivity index (χ2n) is 6.23. The van der Waals surface area contributed by atoms with Gasteiger partial charge in [-0.15, -0.1) is 0 Å². The van der Waals surface area contributed by atoms with Crippen LogP contribution in [0.2, 0.25) is 0 Å². The van der Waals surface area contributed by atoms with Gasteiger partial charge in [0.1, 0.15) is 17.4 Å². The fourth-order valence-corrected chi connectivity index (χ4v) is 3.79. The van der Waals surface area contributed by atoms with Crippen LogP contribution in [0.4, 0.5) is 8.78 Å². The number of carbonyl (C=O) groups is 1. The van der Waals surface area contributed by atoms with Crippen LogP contribution < -0.4 is 0 Å². The minimum absolute atomic E-state index is 0.119. The minimum Gasteiger partial charge on any atom is -0.299 e. The summed E-state index contributed by atoms with van der Waals surface area (Å²) < 4.78 is 26.9. The zero-order valence-electron chi connectivity index (χ0n) is 12.2. The molecule has 3 rings (SSSR count). The molecule has 1 aromatic carbocycles. The number of Topliss-reactive ketones (excluding diaryl/α,β-unsaturated/α-hetero) is 1. The van der Waals surface area contributed by atoms with E-state index < -0.39 is 11.6 Å². The molecule has 1 saturated heterocycles. The molecule has 0 N–H and O–H groups in total. The van der Waals surface area contributed by atoms with Gasteiger partial charge < -0.3 is 0 Å². The number of rotatable bonds is 3. The number of carbonyl (C=O) groups excluding carboxylic acids is 1. The van der Waals surface area contributed by atoms with Crippen LogP contribution in [0.5, 0.6) is 0 Å². The third kappa shape index (κ3) is 3.15. The number of benzene rings is 1. The molecule has 1 saturated carbocycles. The number of ketones is 1. The molecule has 0 aromatic heterocycles. The lowest BCUT2D eigenvalue weighted by molar-refractivity contribution is -0.123. The van der Waals surface area contributed by atoms with Gasteiger partial charge in [0.05, 0.1) is 0 Å². The third-order valence-corrected chi connectivity index (χ3v) is 4.87. The van der Waals surface area contributed by atoms with Gasteiger partial charge in [-0.05, 0) is 38.3 Å². The first kappa shape index (κ1) is 14.6. The lowest BCUT2D eigenvalue weighted by Gasteiger charge is -2.38. The number of piperidine rings is 1. The van der Waals surface area contributed by atoms with Crippen molar-refractivity contribution < 1.29 is 13.6 Å². The average Bonchev–Trinajstić information content (AvgIpc) is 2.89. The van der Waals surface area contributed by atoms with E-state index in [1.54, 1.807) is 0 Å². The second kappa shape index (κ2) is 6.22. The van der Waals surface area contributed by atoms with Crippen molar-refractivity contribution in [1.29, 1.82) is 0 Å². The molecule has 0 bridgehead atoms. The molecule has 1 aliphatic heterocycles. The van der Waals surface area contributed by atoms with Crippen molar-refractivity contribution in [2.45, 2.75) is 51.1 Å². The molecule has 2 nitrogen and oxygen atoms in total. The summed E-state index contributed by atoms with van der Waals surface area (Å²) in [6, 6.07) is 4.00. The first-order valence-corrected chi connectivity index (χ1v) is 7.86. The summed E-state index contributed by atoms with van der Waals surface area (Å²) in [7, 11) is 0. The van der Waals surface area contributed by atoms with E-state index in [-0.39, 0.29) is 12.0 Å². The number of hydrogen-bond acceptors (Lipinski definition) is 2. The summed E-state index contributed by atoms with van der Waals surface area (Å²) in [6.07, 6.45) is 5.88. The Kier molecular flexibility index (Phi) is 4.34. The summed E-state index contributed by atoms with van der Waals surface area (Å²) in [5.41, 5.74) is 0.522. The van der Waals surface area contributed by atoms with E-state index in [1.807, 2.05) is 0 Å². The molecular weight excluding hydrogens is 272 g/mol. The van der Waals surface area contributed by atoms with Crippen LogP contribution >= 0.6 is 0 Å². The van der Waals surface area contributed by atoms with Crippen molar-refractivity contribution in [2.24, 2.45) is 5.92 Å². The van der Waals surface area contributed by atoms with E-state index in [0.29, 0.717) is 24.3 Å². The van der Waals surface area contributed by atoms with Crippen molar-refractivity contribution in [3.8, 4) is 0 Å². The van der Waals surface area contributed by atoms with Crippen molar-refractivity contribution in [3.63, 3.8) is 0 Å². The summed E-state index contributed by atoms with van der Waals surface area (Å²) in [6.45, 7) is 1.37. The Morgan fingerprint density at radius 1 is 1.14 bits per heavy atom. The molecular formula is C17H21F2NO. The van der Waals surface area contributed by atoms with Crippen LogP contribution in [-0.2, 0) is 11.3 Å². The van der Waals surface area contributed by atoms with Gasteiger partial charge in [-0.2, -0.15) is 0 Å². The lowest BCUT2D eigenvalue weighted by Crippen LogP contribution is -2.45. The van der Waals surface area contributed by atoms with Crippen LogP contribution in [0, 0.1) is 17.6 Å². The molecule has 2 aliphatic rings.